The van der Waals surface area contributed by atoms with E-state index in [1.807, 2.05) is 12.4 Å². The number of hydrogen-bond donors (Lipinski definition) is 1. The molecule has 0 unspecified atom stereocenters. The van der Waals surface area contributed by atoms with Gasteiger partial charge in [-0.1, -0.05) is 12.1 Å². The van der Waals surface area contributed by atoms with Crippen LogP contribution in [0.4, 0.5) is 8.78 Å². The number of nitrogens with one attached hydrogen (secondary N) is 1. The molecule has 0 fully saturated rings. The van der Waals surface area contributed by atoms with E-state index in [4.69, 9.17) is 0 Å². The van der Waals surface area contributed by atoms with Crippen molar-refractivity contribution >= 4 is 11.3 Å². The third-order valence-electron chi connectivity index (χ3n) is 2.24. The molecule has 1 aromatic heterocycles. The fourth-order valence-corrected chi connectivity index (χ4v) is 2.38. The molecule has 0 aliphatic rings. The molecule has 2 aromatic rings. The first kappa shape index (κ1) is 12.9. The summed E-state index contributed by atoms with van der Waals surface area (Å²) in [6.07, 6.45) is 0. The summed E-state index contributed by atoms with van der Waals surface area (Å²) in [5.41, 5.74) is 1.47. The summed E-state index contributed by atoms with van der Waals surface area (Å²) >= 11 is 1.41. The fourth-order valence-electron chi connectivity index (χ4n) is 1.54. The molecule has 0 radical (unpaired) electrons. The summed E-state index contributed by atoms with van der Waals surface area (Å²) in [7, 11) is 1.83. The van der Waals surface area contributed by atoms with Gasteiger partial charge in [0, 0.05) is 11.9 Å². The molecule has 0 saturated carbocycles. The standard InChI is InChI=1S/C12H12F2N2OS/c1-15-6-8-7-18-11(16-8)9-4-2-3-5-10(9)17-12(13)14/h2-5,7,12,15H,6H2,1H3. The van der Waals surface area contributed by atoms with Gasteiger partial charge in [0.25, 0.3) is 0 Å². The highest BCUT2D eigenvalue weighted by Crippen LogP contribution is 2.32. The molecule has 0 aliphatic heterocycles. The number of ether oxygens (including phenoxy) is 1. The zero-order chi connectivity index (χ0) is 13.0. The zero-order valence-corrected chi connectivity index (χ0v) is 10.5. The van der Waals surface area contributed by atoms with Crippen LogP contribution in [0.15, 0.2) is 29.6 Å². The van der Waals surface area contributed by atoms with Crippen LogP contribution in [0.25, 0.3) is 10.6 Å². The highest BCUT2D eigenvalue weighted by Gasteiger charge is 2.13. The van der Waals surface area contributed by atoms with Gasteiger partial charge in [-0.3, -0.25) is 0 Å². The molecule has 1 heterocycles. The van der Waals surface area contributed by atoms with Crippen molar-refractivity contribution in [3.8, 4) is 16.3 Å². The van der Waals surface area contributed by atoms with E-state index in [-0.39, 0.29) is 5.75 Å². The van der Waals surface area contributed by atoms with Gasteiger partial charge in [-0.25, -0.2) is 4.98 Å². The second-order valence-corrected chi connectivity index (χ2v) is 4.41. The molecule has 0 aliphatic carbocycles. The number of rotatable bonds is 5. The van der Waals surface area contributed by atoms with Crippen molar-refractivity contribution in [2.75, 3.05) is 7.05 Å². The van der Waals surface area contributed by atoms with Gasteiger partial charge in [0.2, 0.25) is 0 Å². The molecule has 6 heteroatoms. The first-order valence-electron chi connectivity index (χ1n) is 5.34. The summed E-state index contributed by atoms with van der Waals surface area (Å²) in [4.78, 5) is 4.37. The summed E-state index contributed by atoms with van der Waals surface area (Å²) in [5.74, 6) is 0.151. The Kier molecular flexibility index (Phi) is 4.22. The molecule has 0 amide bonds. The molecule has 1 aromatic carbocycles. The van der Waals surface area contributed by atoms with Crippen LogP contribution < -0.4 is 10.1 Å². The van der Waals surface area contributed by atoms with Crippen molar-refractivity contribution < 1.29 is 13.5 Å². The Bertz CT molecular complexity index is 516. The predicted octanol–water partition coefficient (Wildman–Crippen LogP) is 3.13. The number of benzene rings is 1. The van der Waals surface area contributed by atoms with Gasteiger partial charge in [-0.05, 0) is 19.2 Å². The van der Waals surface area contributed by atoms with Crippen LogP contribution in [0.3, 0.4) is 0 Å². The SMILES string of the molecule is CNCc1csc(-c2ccccc2OC(F)F)n1. The van der Waals surface area contributed by atoms with Crippen molar-refractivity contribution in [1.29, 1.82) is 0 Å². The molecule has 3 nitrogen and oxygen atoms in total. The van der Waals surface area contributed by atoms with Crippen LogP contribution in [-0.2, 0) is 6.54 Å². The van der Waals surface area contributed by atoms with Gasteiger partial charge in [0.15, 0.2) is 0 Å². The maximum atomic E-state index is 12.3. The number of para-hydroxylation sites is 1. The lowest BCUT2D eigenvalue weighted by atomic mass is 10.2. The van der Waals surface area contributed by atoms with Gasteiger partial charge in [0.1, 0.15) is 10.8 Å². The third-order valence-corrected chi connectivity index (χ3v) is 3.17. The van der Waals surface area contributed by atoms with Gasteiger partial charge in [-0.15, -0.1) is 11.3 Å². The Hall–Kier alpha value is -1.53. The third kappa shape index (κ3) is 3.02. The first-order chi connectivity index (χ1) is 8.70. The fraction of sp³-hybridized carbons (Fsp3) is 0.250. The lowest BCUT2D eigenvalue weighted by Crippen LogP contribution is -2.05. The first-order valence-corrected chi connectivity index (χ1v) is 6.22. The van der Waals surface area contributed by atoms with Crippen LogP contribution >= 0.6 is 11.3 Å². The Morgan fingerprint density at radius 1 is 1.39 bits per heavy atom. The molecule has 2 rings (SSSR count). The Morgan fingerprint density at radius 2 is 2.17 bits per heavy atom. The van der Waals surface area contributed by atoms with Crippen molar-refractivity contribution in [3.63, 3.8) is 0 Å². The molecule has 0 saturated heterocycles. The lowest BCUT2D eigenvalue weighted by molar-refractivity contribution is -0.0494. The van der Waals surface area contributed by atoms with Crippen molar-refractivity contribution in [2.45, 2.75) is 13.2 Å². The Balaban J connectivity index is 2.30. The summed E-state index contributed by atoms with van der Waals surface area (Å²) in [6.45, 7) is -2.18. The summed E-state index contributed by atoms with van der Waals surface area (Å²) in [5, 5.41) is 5.56. The number of hydrogen-bond acceptors (Lipinski definition) is 4. The maximum absolute atomic E-state index is 12.3. The number of halogens is 2. The monoisotopic (exact) mass is 270 g/mol. The zero-order valence-electron chi connectivity index (χ0n) is 9.69. The topological polar surface area (TPSA) is 34.1 Å². The molecule has 0 atom stereocenters. The van der Waals surface area contributed by atoms with Gasteiger partial charge in [-0.2, -0.15) is 8.78 Å². The molecule has 1 N–H and O–H groups in total. The Labute approximate surface area is 107 Å². The van der Waals surface area contributed by atoms with Crippen molar-refractivity contribution in [2.24, 2.45) is 0 Å². The van der Waals surface area contributed by atoms with Crippen LogP contribution in [-0.4, -0.2) is 18.6 Å². The summed E-state index contributed by atoms with van der Waals surface area (Å²) in [6, 6.07) is 6.66. The van der Waals surface area contributed by atoms with Gasteiger partial charge in [0.05, 0.1) is 11.3 Å². The van der Waals surface area contributed by atoms with Gasteiger partial charge >= 0.3 is 6.61 Å². The lowest BCUT2D eigenvalue weighted by Gasteiger charge is -2.08. The van der Waals surface area contributed by atoms with E-state index in [2.05, 4.69) is 15.0 Å². The number of nitrogens with zero attached hydrogens (tertiary/aromatic N) is 1. The maximum Gasteiger partial charge on any atom is 0.387 e. The minimum absolute atomic E-state index is 0.151. The molecular weight excluding hydrogens is 258 g/mol. The van der Waals surface area contributed by atoms with E-state index in [1.54, 1.807) is 18.2 Å². The predicted molar refractivity (Wildman–Crippen MR) is 66.9 cm³/mol. The van der Waals surface area contributed by atoms with E-state index in [1.165, 1.54) is 17.4 Å². The second kappa shape index (κ2) is 5.88. The molecule has 0 spiro atoms. The van der Waals surface area contributed by atoms with Crippen molar-refractivity contribution in [1.82, 2.24) is 10.3 Å². The van der Waals surface area contributed by atoms with E-state index >= 15 is 0 Å². The molecule has 96 valence electrons. The molecular formula is C12H12F2N2OS. The van der Waals surface area contributed by atoms with E-state index < -0.39 is 6.61 Å². The average molecular weight is 270 g/mol. The minimum atomic E-state index is -2.83. The van der Waals surface area contributed by atoms with E-state index in [0.717, 1.165) is 5.69 Å². The second-order valence-electron chi connectivity index (χ2n) is 3.55. The van der Waals surface area contributed by atoms with E-state index in [9.17, 15) is 8.78 Å². The summed E-state index contributed by atoms with van der Waals surface area (Å²) < 4.78 is 29.1. The van der Waals surface area contributed by atoms with E-state index in [0.29, 0.717) is 17.1 Å². The largest absolute Gasteiger partial charge is 0.434 e. The van der Waals surface area contributed by atoms with Crippen LogP contribution in [0, 0.1) is 0 Å². The highest BCUT2D eigenvalue weighted by atomic mass is 32.1. The van der Waals surface area contributed by atoms with Crippen LogP contribution in [0.2, 0.25) is 0 Å². The number of alkyl halides is 2. The van der Waals surface area contributed by atoms with Crippen LogP contribution in [0.5, 0.6) is 5.75 Å². The van der Waals surface area contributed by atoms with Gasteiger partial charge < -0.3 is 10.1 Å². The minimum Gasteiger partial charge on any atom is -0.434 e. The normalized spacial score (nSPS) is 10.9. The molecule has 18 heavy (non-hydrogen) atoms. The highest BCUT2D eigenvalue weighted by molar-refractivity contribution is 7.13. The quantitative estimate of drug-likeness (QED) is 0.906. The number of aromatic nitrogens is 1. The number of thiazole rings is 1. The average Bonchev–Trinajstić information content (AvgIpc) is 2.78. The van der Waals surface area contributed by atoms with Crippen LogP contribution in [0.1, 0.15) is 5.69 Å². The van der Waals surface area contributed by atoms with Crippen molar-refractivity contribution in [3.05, 3.63) is 35.3 Å². The Morgan fingerprint density at radius 3 is 2.89 bits per heavy atom. The smallest absolute Gasteiger partial charge is 0.387 e. The molecule has 0 bridgehead atoms.